The first kappa shape index (κ1) is 28.6. The third kappa shape index (κ3) is 6.69. The number of hydrogen-bond donors (Lipinski definition) is 1. The van der Waals surface area contributed by atoms with Gasteiger partial charge in [0.25, 0.3) is 0 Å². The first-order chi connectivity index (χ1) is 19.6. The van der Waals surface area contributed by atoms with E-state index < -0.39 is 7.14 Å². The molecule has 5 aromatic carbocycles. The van der Waals surface area contributed by atoms with Crippen LogP contribution in [0.5, 0.6) is 5.75 Å². The molecule has 1 N–H and O–H groups in total. The fourth-order valence-electron chi connectivity index (χ4n) is 4.38. The van der Waals surface area contributed by atoms with Gasteiger partial charge < -0.3 is 14.2 Å². The molecular weight excluding hydrogens is 618 g/mol. The van der Waals surface area contributed by atoms with Crippen LogP contribution in [0.3, 0.4) is 0 Å². The van der Waals surface area contributed by atoms with Gasteiger partial charge in [-0.1, -0.05) is 149 Å². The van der Waals surface area contributed by atoms with E-state index in [1.807, 2.05) is 103 Å². The molecule has 0 aromatic heterocycles. The van der Waals surface area contributed by atoms with Crippen LogP contribution in [0.25, 0.3) is 0 Å². The summed E-state index contributed by atoms with van der Waals surface area (Å²) in [7, 11) is -2.85. The first-order valence-corrected chi connectivity index (χ1v) is 16.9. The number of thioether (sulfide) groups is 1. The molecule has 40 heavy (non-hydrogen) atoms. The summed E-state index contributed by atoms with van der Waals surface area (Å²) in [6.07, 6.45) is 0. The minimum Gasteiger partial charge on any atom is -0.507 e. The second-order valence-corrected chi connectivity index (χ2v) is 15.6. The highest BCUT2D eigenvalue weighted by atomic mass is 79.9. The van der Waals surface area contributed by atoms with Crippen molar-refractivity contribution in [2.75, 3.05) is 6.61 Å². The van der Waals surface area contributed by atoms with E-state index in [1.54, 1.807) is 12.1 Å². The first-order valence-electron chi connectivity index (χ1n) is 12.7. The van der Waals surface area contributed by atoms with E-state index in [9.17, 15) is 5.11 Å². The van der Waals surface area contributed by atoms with E-state index in [0.717, 1.165) is 26.2 Å². The summed E-state index contributed by atoms with van der Waals surface area (Å²) in [6.45, 7) is 0.397. The molecule has 0 spiro atoms. The van der Waals surface area contributed by atoms with Crippen molar-refractivity contribution in [1.29, 1.82) is 0 Å². The molecule has 0 atom stereocenters. The van der Waals surface area contributed by atoms with Gasteiger partial charge in [-0.05, 0) is 29.3 Å². The predicted octanol–water partition coefficient (Wildman–Crippen LogP) is 9.06. The van der Waals surface area contributed by atoms with E-state index in [0.29, 0.717) is 24.3 Å². The number of benzene rings is 5. The molecule has 0 amide bonds. The lowest BCUT2D eigenvalue weighted by Gasteiger charge is -2.22. The van der Waals surface area contributed by atoms with Crippen molar-refractivity contribution >= 4 is 58.2 Å². The van der Waals surface area contributed by atoms with E-state index >= 15 is 4.57 Å². The summed E-state index contributed by atoms with van der Waals surface area (Å²) in [5, 5.41) is 12.2. The summed E-state index contributed by atoms with van der Waals surface area (Å²) in [5.41, 5.74) is 2.30. The molecule has 0 saturated heterocycles. The second-order valence-electron chi connectivity index (χ2n) is 9.04. The van der Waals surface area contributed by atoms with Crippen LogP contribution in [0.1, 0.15) is 17.0 Å². The number of aromatic hydroxyl groups is 1. The van der Waals surface area contributed by atoms with E-state index in [-0.39, 0.29) is 11.7 Å². The van der Waals surface area contributed by atoms with Crippen LogP contribution >= 0.6 is 43.3 Å². The largest absolute Gasteiger partial charge is 0.507 e. The molecule has 0 saturated carbocycles. The fraction of sp³-hybridized carbons (Fsp3) is 0.0606. The topological polar surface area (TPSA) is 46.5 Å². The summed E-state index contributed by atoms with van der Waals surface area (Å²) < 4.78 is 23.2. The molecule has 0 heterocycles. The van der Waals surface area contributed by atoms with Gasteiger partial charge in [-0.3, -0.25) is 0 Å². The van der Waals surface area contributed by atoms with Crippen LogP contribution < -0.4 is 10.6 Å². The SMILES string of the molecule is O=P(C(=POCC(c1ccccc1)c1ccccc1)Sc1cc(Br)ccc1O)(c1ccccc1)c1ccccc1. The Hall–Kier alpha value is -2.91. The van der Waals surface area contributed by atoms with E-state index in [1.165, 1.54) is 11.8 Å². The molecule has 3 nitrogen and oxygen atoms in total. The monoisotopic (exact) mass is 644 g/mol. The molecular formula is C33H27BrO3P2S. The highest BCUT2D eigenvalue weighted by Crippen LogP contribution is 2.54. The molecule has 7 heteroatoms. The maximum absolute atomic E-state index is 15.3. The smallest absolute Gasteiger partial charge is 0.183 e. The van der Waals surface area contributed by atoms with Crippen molar-refractivity contribution < 1.29 is 14.2 Å². The lowest BCUT2D eigenvalue weighted by atomic mass is 9.92. The van der Waals surface area contributed by atoms with Crippen LogP contribution in [-0.4, -0.2) is 16.1 Å². The lowest BCUT2D eigenvalue weighted by molar-refractivity contribution is 0.352. The van der Waals surface area contributed by atoms with Gasteiger partial charge in [0.05, 0.1) is 19.9 Å². The molecule has 5 aromatic rings. The third-order valence-corrected chi connectivity index (χ3v) is 13.3. The zero-order chi connectivity index (χ0) is 27.8. The summed E-state index contributed by atoms with van der Waals surface area (Å²) >= 11 is 4.82. The van der Waals surface area contributed by atoms with Crippen molar-refractivity contribution in [3.8, 4) is 5.75 Å². The highest BCUT2D eigenvalue weighted by Gasteiger charge is 2.34. The molecule has 0 radical (unpaired) electrons. The summed E-state index contributed by atoms with van der Waals surface area (Å²) in [5.74, 6) is 0.133. The van der Waals surface area contributed by atoms with Crippen molar-refractivity contribution in [3.63, 3.8) is 0 Å². The standard InChI is InChI=1S/C33H27BrO3P2S/c34-27-21-22-31(35)32(23-27)40-33(39(36,28-17-9-3-10-18-28)29-19-11-4-12-20-29)38-37-24-30(25-13-5-1-6-14-25)26-15-7-2-8-16-26/h1-23,30,35H,24H2. The van der Waals surface area contributed by atoms with Gasteiger partial charge in [0, 0.05) is 21.0 Å². The predicted molar refractivity (Wildman–Crippen MR) is 174 cm³/mol. The Kier molecular flexibility index (Phi) is 9.75. The average molecular weight is 645 g/mol. The summed E-state index contributed by atoms with van der Waals surface area (Å²) in [4.78, 5) is 0.607. The Morgan fingerprint density at radius 1 is 0.750 bits per heavy atom. The molecule has 200 valence electrons. The zero-order valence-corrected chi connectivity index (χ0v) is 25.7. The Labute approximate surface area is 249 Å². The van der Waals surface area contributed by atoms with Crippen LogP contribution in [0, 0.1) is 0 Å². The third-order valence-electron chi connectivity index (χ3n) is 6.42. The van der Waals surface area contributed by atoms with Gasteiger partial charge >= 0.3 is 0 Å². The quantitative estimate of drug-likeness (QED) is 0.122. The highest BCUT2D eigenvalue weighted by molar-refractivity contribution is 9.10. The number of rotatable bonds is 10. The van der Waals surface area contributed by atoms with Crippen molar-refractivity contribution in [2.45, 2.75) is 10.8 Å². The van der Waals surface area contributed by atoms with Crippen molar-refractivity contribution in [1.82, 2.24) is 0 Å². The molecule has 0 aliphatic heterocycles. The molecule has 0 aliphatic carbocycles. The van der Waals surface area contributed by atoms with Crippen molar-refractivity contribution in [3.05, 3.63) is 155 Å². The summed E-state index contributed by atoms with van der Waals surface area (Å²) in [6, 6.07) is 44.9. The Balaban J connectivity index is 1.59. The Morgan fingerprint density at radius 2 is 1.23 bits per heavy atom. The maximum atomic E-state index is 15.3. The number of halogens is 1. The van der Waals surface area contributed by atoms with E-state index in [4.69, 9.17) is 4.52 Å². The van der Waals surface area contributed by atoms with Crippen LogP contribution in [-0.2, 0) is 9.09 Å². The van der Waals surface area contributed by atoms with Crippen LogP contribution in [0.4, 0.5) is 0 Å². The van der Waals surface area contributed by atoms with Gasteiger partial charge in [-0.15, -0.1) is 0 Å². The molecule has 0 unspecified atom stereocenters. The van der Waals surface area contributed by atoms with Gasteiger partial charge in [-0.2, -0.15) is 0 Å². The Morgan fingerprint density at radius 3 is 1.73 bits per heavy atom. The number of phenolic OH excluding ortho intramolecular Hbond substituents is 1. The van der Waals surface area contributed by atoms with Gasteiger partial charge in [-0.25, -0.2) is 0 Å². The maximum Gasteiger partial charge on any atom is 0.183 e. The van der Waals surface area contributed by atoms with Gasteiger partial charge in [0.2, 0.25) is 0 Å². The zero-order valence-electron chi connectivity index (χ0n) is 21.5. The van der Waals surface area contributed by atoms with Crippen LogP contribution in [0.15, 0.2) is 149 Å². The van der Waals surface area contributed by atoms with Gasteiger partial charge in [0.1, 0.15) is 10.1 Å². The van der Waals surface area contributed by atoms with E-state index in [2.05, 4.69) is 40.2 Å². The van der Waals surface area contributed by atoms with Crippen LogP contribution in [0.2, 0.25) is 0 Å². The Bertz CT molecular complexity index is 1530. The number of phenols is 1. The van der Waals surface area contributed by atoms with Gasteiger partial charge in [0.15, 0.2) is 7.14 Å². The lowest BCUT2D eigenvalue weighted by Crippen LogP contribution is -2.20. The molecule has 0 bridgehead atoms. The normalized spacial score (nSPS) is 12.0. The molecule has 5 rings (SSSR count). The average Bonchev–Trinajstić information content (AvgIpc) is 3.01. The molecule has 0 fully saturated rings. The fourth-order valence-corrected chi connectivity index (χ4v) is 11.1. The minimum absolute atomic E-state index is 0.00765. The number of hydrogen-bond acceptors (Lipinski definition) is 4. The van der Waals surface area contributed by atoms with Crippen molar-refractivity contribution in [2.24, 2.45) is 0 Å². The molecule has 0 aliphatic rings. The minimum atomic E-state index is -3.32. The second kappa shape index (κ2) is 13.6.